The maximum atomic E-state index is 12.9. The highest BCUT2D eigenvalue weighted by Crippen LogP contribution is 2.36. The van der Waals surface area contributed by atoms with E-state index < -0.39 is 6.10 Å². The Bertz CT molecular complexity index is 1190. The van der Waals surface area contributed by atoms with Gasteiger partial charge in [0.25, 0.3) is 0 Å². The van der Waals surface area contributed by atoms with Crippen LogP contribution in [0.25, 0.3) is 0 Å². The molecule has 33 heavy (non-hydrogen) atoms. The van der Waals surface area contributed by atoms with Crippen LogP contribution in [0.15, 0.2) is 60.3 Å². The van der Waals surface area contributed by atoms with Crippen molar-refractivity contribution in [2.75, 3.05) is 11.9 Å². The number of benzene rings is 2. The summed E-state index contributed by atoms with van der Waals surface area (Å²) in [5.74, 6) is 1.98. The lowest BCUT2D eigenvalue weighted by Gasteiger charge is -2.26. The molecule has 1 aliphatic heterocycles. The Hall–Kier alpha value is -3.26. The zero-order valence-corrected chi connectivity index (χ0v) is 19.3. The smallest absolute Gasteiger partial charge is 0.237 e. The second kappa shape index (κ2) is 9.31. The van der Waals surface area contributed by atoms with Gasteiger partial charge in [-0.1, -0.05) is 36.0 Å². The number of aryl methyl sites for hydroxylation is 2. The van der Waals surface area contributed by atoms with Gasteiger partial charge in [0.1, 0.15) is 6.61 Å². The summed E-state index contributed by atoms with van der Waals surface area (Å²) in [5.41, 5.74) is 3.56. The second-order valence-electron chi connectivity index (χ2n) is 8.19. The summed E-state index contributed by atoms with van der Waals surface area (Å²) in [7, 11) is 0. The number of para-hydroxylation sites is 2. The highest BCUT2D eigenvalue weighted by atomic mass is 32.2. The molecule has 2 aromatic carbocycles. The Balaban J connectivity index is 1.29. The quantitative estimate of drug-likeness (QED) is 0.409. The van der Waals surface area contributed by atoms with Crippen LogP contribution < -0.4 is 14.8 Å². The van der Waals surface area contributed by atoms with Gasteiger partial charge >= 0.3 is 0 Å². The van der Waals surface area contributed by atoms with Crippen LogP contribution in [0.3, 0.4) is 0 Å². The number of carbonyl (C=O) groups excluding carboxylic acids is 1. The third-order valence-electron chi connectivity index (χ3n) is 5.87. The first-order chi connectivity index (χ1) is 16.1. The Labute approximate surface area is 197 Å². The Morgan fingerprint density at radius 2 is 2.06 bits per heavy atom. The van der Waals surface area contributed by atoms with Gasteiger partial charge in [-0.3, -0.25) is 9.36 Å². The first-order valence-corrected chi connectivity index (χ1v) is 12.0. The molecule has 0 fully saturated rings. The molecule has 1 amide bonds. The number of thioether (sulfide) groups is 1. The highest BCUT2D eigenvalue weighted by Gasteiger charge is 2.29. The molecule has 1 aliphatic carbocycles. The monoisotopic (exact) mass is 462 g/mol. The fourth-order valence-electron chi connectivity index (χ4n) is 4.18. The van der Waals surface area contributed by atoms with E-state index in [1.54, 1.807) is 6.08 Å². The number of allylic oxidation sites excluding steroid dienone is 1. The predicted molar refractivity (Wildman–Crippen MR) is 128 cm³/mol. The molecule has 1 aromatic heterocycles. The van der Waals surface area contributed by atoms with Gasteiger partial charge in [-0.15, -0.1) is 16.8 Å². The first-order valence-electron chi connectivity index (χ1n) is 11.1. The third kappa shape index (κ3) is 4.48. The number of amides is 1. The minimum Gasteiger partial charge on any atom is -0.485 e. The lowest BCUT2D eigenvalue weighted by atomic mass is 10.1. The SMILES string of the molecule is C=CCn1c(SC(C)C(=O)Nc2ccc3c(c2)CCC3)nnc1C1COc2ccccc2O1. The number of hydrogen-bond donors (Lipinski definition) is 1. The van der Waals surface area contributed by atoms with E-state index >= 15 is 0 Å². The van der Waals surface area contributed by atoms with Crippen molar-refractivity contribution in [1.82, 2.24) is 14.8 Å². The van der Waals surface area contributed by atoms with Crippen molar-refractivity contribution in [2.24, 2.45) is 0 Å². The summed E-state index contributed by atoms with van der Waals surface area (Å²) in [5, 5.41) is 12.1. The van der Waals surface area contributed by atoms with Gasteiger partial charge in [-0.05, 0) is 61.6 Å². The second-order valence-corrected chi connectivity index (χ2v) is 9.50. The number of carbonyl (C=O) groups is 1. The molecule has 170 valence electrons. The molecule has 2 unspecified atom stereocenters. The molecule has 1 N–H and O–H groups in total. The van der Waals surface area contributed by atoms with E-state index in [4.69, 9.17) is 9.47 Å². The van der Waals surface area contributed by atoms with Gasteiger partial charge in [0.2, 0.25) is 5.91 Å². The maximum absolute atomic E-state index is 12.9. The highest BCUT2D eigenvalue weighted by molar-refractivity contribution is 8.00. The standard InChI is InChI=1S/C25H26N4O3S/c1-3-13-29-23(22-15-31-20-9-4-5-10-21(20)32-22)27-28-25(29)33-16(2)24(30)26-19-12-11-17-7-6-8-18(17)14-19/h3-5,9-12,14,16,22H,1,6-8,13,15H2,2H3,(H,26,30). The van der Waals surface area contributed by atoms with Crippen LogP contribution in [0.1, 0.15) is 36.4 Å². The summed E-state index contributed by atoms with van der Waals surface area (Å²) in [6.45, 7) is 6.58. The molecule has 8 heteroatoms. The van der Waals surface area contributed by atoms with Crippen molar-refractivity contribution in [3.8, 4) is 11.5 Å². The van der Waals surface area contributed by atoms with Crippen LogP contribution in [0.4, 0.5) is 5.69 Å². The molecule has 3 aromatic rings. The van der Waals surface area contributed by atoms with E-state index in [0.29, 0.717) is 29.9 Å². The molecule has 0 spiro atoms. The van der Waals surface area contributed by atoms with E-state index in [-0.39, 0.29) is 11.2 Å². The molecular formula is C25H26N4O3S. The number of hydrogen-bond acceptors (Lipinski definition) is 6. The van der Waals surface area contributed by atoms with Crippen molar-refractivity contribution in [3.05, 3.63) is 72.1 Å². The Morgan fingerprint density at radius 3 is 2.91 bits per heavy atom. The minimum atomic E-state index is -0.391. The Kier molecular flexibility index (Phi) is 6.09. The summed E-state index contributed by atoms with van der Waals surface area (Å²) < 4.78 is 13.9. The van der Waals surface area contributed by atoms with Crippen LogP contribution in [-0.2, 0) is 24.2 Å². The fraction of sp³-hybridized carbons (Fsp3) is 0.320. The largest absolute Gasteiger partial charge is 0.485 e. The van der Waals surface area contributed by atoms with Crippen LogP contribution in [0.5, 0.6) is 11.5 Å². The van der Waals surface area contributed by atoms with Crippen molar-refractivity contribution >= 4 is 23.4 Å². The van der Waals surface area contributed by atoms with Crippen LogP contribution in [-0.4, -0.2) is 32.5 Å². The average molecular weight is 463 g/mol. The number of fused-ring (bicyclic) bond motifs is 2. The molecule has 0 radical (unpaired) electrons. The molecule has 0 bridgehead atoms. The van der Waals surface area contributed by atoms with Gasteiger partial charge in [0, 0.05) is 12.2 Å². The first kappa shape index (κ1) is 21.6. The molecule has 2 atom stereocenters. The summed E-state index contributed by atoms with van der Waals surface area (Å²) in [6.07, 6.45) is 4.77. The molecule has 5 rings (SSSR count). The van der Waals surface area contributed by atoms with E-state index in [2.05, 4.69) is 34.2 Å². The van der Waals surface area contributed by atoms with Gasteiger partial charge in [0.05, 0.1) is 5.25 Å². The maximum Gasteiger partial charge on any atom is 0.237 e. The Morgan fingerprint density at radius 1 is 1.24 bits per heavy atom. The van der Waals surface area contributed by atoms with Crippen LogP contribution >= 0.6 is 11.8 Å². The van der Waals surface area contributed by atoms with Crippen molar-refractivity contribution < 1.29 is 14.3 Å². The van der Waals surface area contributed by atoms with E-state index in [1.165, 1.54) is 29.3 Å². The molecule has 2 heterocycles. The van der Waals surface area contributed by atoms with Gasteiger partial charge in [-0.25, -0.2) is 0 Å². The number of anilines is 1. The lowest BCUT2D eigenvalue weighted by Crippen LogP contribution is -2.25. The lowest BCUT2D eigenvalue weighted by molar-refractivity contribution is -0.115. The topological polar surface area (TPSA) is 78.3 Å². The number of aromatic nitrogens is 3. The number of nitrogens with one attached hydrogen (secondary N) is 1. The van der Waals surface area contributed by atoms with Crippen molar-refractivity contribution in [1.29, 1.82) is 0 Å². The van der Waals surface area contributed by atoms with Gasteiger partial charge in [0.15, 0.2) is 28.6 Å². The predicted octanol–water partition coefficient (Wildman–Crippen LogP) is 4.58. The van der Waals surface area contributed by atoms with Crippen LogP contribution in [0.2, 0.25) is 0 Å². The average Bonchev–Trinajstić information content (AvgIpc) is 3.46. The van der Waals surface area contributed by atoms with Gasteiger partial charge in [-0.2, -0.15) is 0 Å². The van der Waals surface area contributed by atoms with Crippen molar-refractivity contribution in [3.63, 3.8) is 0 Å². The summed E-state index contributed by atoms with van der Waals surface area (Å²) >= 11 is 1.37. The van der Waals surface area contributed by atoms with Gasteiger partial charge < -0.3 is 14.8 Å². The molecule has 7 nitrogen and oxygen atoms in total. The molecule has 2 aliphatic rings. The van der Waals surface area contributed by atoms with E-state index in [1.807, 2.05) is 41.8 Å². The normalized spacial score (nSPS) is 17.3. The van der Waals surface area contributed by atoms with E-state index in [9.17, 15) is 4.79 Å². The fourth-order valence-corrected chi connectivity index (χ4v) is 5.04. The number of ether oxygens (including phenoxy) is 2. The summed E-state index contributed by atoms with van der Waals surface area (Å²) in [6, 6.07) is 13.8. The summed E-state index contributed by atoms with van der Waals surface area (Å²) in [4.78, 5) is 12.9. The molecule has 0 saturated carbocycles. The van der Waals surface area contributed by atoms with Crippen LogP contribution in [0, 0.1) is 0 Å². The molecular weight excluding hydrogens is 436 g/mol. The number of rotatable bonds is 7. The molecule has 0 saturated heterocycles. The zero-order chi connectivity index (χ0) is 22.8. The zero-order valence-electron chi connectivity index (χ0n) is 18.5. The minimum absolute atomic E-state index is 0.0705. The third-order valence-corrected chi connectivity index (χ3v) is 6.95. The van der Waals surface area contributed by atoms with E-state index in [0.717, 1.165) is 24.3 Å². The number of nitrogens with zero attached hydrogens (tertiary/aromatic N) is 3. The van der Waals surface area contributed by atoms with Crippen molar-refractivity contribution in [2.45, 2.75) is 49.2 Å².